The number of nitrogens with one attached hydrogen (secondary N) is 1. The first-order chi connectivity index (χ1) is 15.1. The first-order valence-corrected chi connectivity index (χ1v) is 14.4. The fraction of sp³-hybridized carbons (Fsp3) is 0.400. The number of hydrogen-bond acceptors (Lipinski definition) is 2. The molecule has 33 heavy (non-hydrogen) atoms. The van der Waals surface area contributed by atoms with Crippen molar-refractivity contribution in [3.8, 4) is 0 Å². The summed E-state index contributed by atoms with van der Waals surface area (Å²) in [5.74, 6) is 0. The van der Waals surface area contributed by atoms with Gasteiger partial charge in [0.15, 0.2) is 14.0 Å². The zero-order valence-electron chi connectivity index (χ0n) is 19.9. The molecule has 0 radical (unpaired) electrons. The van der Waals surface area contributed by atoms with E-state index in [9.17, 15) is 13.2 Å². The molecule has 0 aliphatic rings. The molecule has 3 aromatic rings. The van der Waals surface area contributed by atoms with Crippen molar-refractivity contribution in [2.75, 3.05) is 0 Å². The maximum absolute atomic E-state index is 13.6. The molecule has 1 aromatic heterocycles. The van der Waals surface area contributed by atoms with Crippen LogP contribution in [0.15, 0.2) is 52.3 Å². The summed E-state index contributed by atoms with van der Waals surface area (Å²) in [6.45, 7) is 22.0. The normalized spacial score (nSPS) is 13.4. The maximum atomic E-state index is 13.6. The monoisotopic (exact) mass is 490 g/mol. The Balaban J connectivity index is 2.26. The number of nitrogens with zero attached hydrogens (tertiary/aromatic N) is 1. The van der Waals surface area contributed by atoms with Crippen molar-refractivity contribution in [3.63, 3.8) is 0 Å². The largest absolute Gasteiger partial charge is 0.407 e. The summed E-state index contributed by atoms with van der Waals surface area (Å²) in [6, 6.07) is 12.0. The molecule has 0 unspecified atom stereocenters. The molecule has 3 nitrogen and oxygen atoms in total. The number of fused-ring (bicyclic) bond motifs is 1. The third-order valence-corrected chi connectivity index (χ3v) is 11.9. The summed E-state index contributed by atoms with van der Waals surface area (Å²) in [5, 5.41) is 0.550. The standard InChI is InChI=1S/C25H29F3N2OSSi/c1-23(2,3)33(7,8)31-24(4,5)22-21(32-16-12-10-9-11-13-16)17-14-20(29-6)18(25(26,27)28)15-19(17)30-22/h9-15,30H,1-5,7-8H3. The van der Waals surface area contributed by atoms with Gasteiger partial charge in [0.05, 0.1) is 23.4 Å². The van der Waals surface area contributed by atoms with Gasteiger partial charge in [-0.15, -0.1) is 0 Å². The average molecular weight is 491 g/mol. The topological polar surface area (TPSA) is 29.4 Å². The van der Waals surface area contributed by atoms with Gasteiger partial charge in [-0.1, -0.05) is 50.7 Å². The number of benzene rings is 2. The molecule has 176 valence electrons. The molecule has 0 spiro atoms. The van der Waals surface area contributed by atoms with Gasteiger partial charge in [-0.3, -0.25) is 0 Å². The van der Waals surface area contributed by atoms with E-state index in [0.717, 1.165) is 15.9 Å². The summed E-state index contributed by atoms with van der Waals surface area (Å²) in [7, 11) is -2.20. The van der Waals surface area contributed by atoms with E-state index in [1.807, 2.05) is 44.2 Å². The van der Waals surface area contributed by atoms with Crippen molar-refractivity contribution < 1.29 is 17.6 Å². The van der Waals surface area contributed by atoms with Crippen molar-refractivity contribution in [3.05, 3.63) is 65.1 Å². The highest BCUT2D eigenvalue weighted by atomic mass is 32.2. The summed E-state index contributed by atoms with van der Waals surface area (Å²) in [4.78, 5) is 8.14. The van der Waals surface area contributed by atoms with Crippen LogP contribution in [0.2, 0.25) is 18.1 Å². The molecule has 0 aliphatic carbocycles. The number of aromatic amines is 1. The minimum atomic E-state index is -4.61. The van der Waals surface area contributed by atoms with Crippen LogP contribution in [0.4, 0.5) is 18.9 Å². The highest BCUT2D eigenvalue weighted by Gasteiger charge is 2.43. The van der Waals surface area contributed by atoms with Gasteiger partial charge in [0.2, 0.25) is 0 Å². The van der Waals surface area contributed by atoms with Gasteiger partial charge in [0, 0.05) is 20.7 Å². The Labute approximate surface area is 198 Å². The van der Waals surface area contributed by atoms with Crippen LogP contribution in [0.5, 0.6) is 0 Å². The van der Waals surface area contributed by atoms with E-state index in [0.29, 0.717) is 16.6 Å². The number of alkyl halides is 3. The molecule has 0 atom stereocenters. The number of hydrogen-bond donors (Lipinski definition) is 1. The van der Waals surface area contributed by atoms with Gasteiger partial charge in [-0.2, -0.15) is 13.2 Å². The van der Waals surface area contributed by atoms with E-state index < -0.39 is 31.3 Å². The number of rotatable bonds is 5. The minimum Gasteiger partial charge on any atom is -0.406 e. The van der Waals surface area contributed by atoms with Crippen molar-refractivity contribution in [1.29, 1.82) is 0 Å². The average Bonchev–Trinajstić information content (AvgIpc) is 3.04. The molecule has 0 fully saturated rings. The van der Waals surface area contributed by atoms with Crippen LogP contribution >= 0.6 is 11.8 Å². The first kappa shape index (κ1) is 25.4. The zero-order valence-corrected chi connectivity index (χ0v) is 21.8. The first-order valence-electron chi connectivity index (χ1n) is 10.6. The Kier molecular flexibility index (Phi) is 6.57. The van der Waals surface area contributed by atoms with Crippen LogP contribution in [0.3, 0.4) is 0 Å². The van der Waals surface area contributed by atoms with Crippen molar-refractivity contribution in [1.82, 2.24) is 4.98 Å². The zero-order chi connectivity index (χ0) is 24.8. The molecule has 1 heterocycles. The lowest BCUT2D eigenvalue weighted by molar-refractivity contribution is -0.136. The second-order valence-corrected chi connectivity index (χ2v) is 15.9. The Hall–Kier alpha value is -2.21. The van der Waals surface area contributed by atoms with E-state index in [-0.39, 0.29) is 5.04 Å². The molecule has 3 rings (SSSR count). The SMILES string of the molecule is [C-]#[N+]c1cc2c(Sc3ccccc3)c(C(C)(C)O[Si](C)(C)C(C)(C)C)[nH]c2cc1C(F)(F)F. The van der Waals surface area contributed by atoms with Gasteiger partial charge in [0.25, 0.3) is 0 Å². The van der Waals surface area contributed by atoms with Crippen LogP contribution in [-0.4, -0.2) is 13.3 Å². The predicted octanol–water partition coefficient (Wildman–Crippen LogP) is 9.15. The molecule has 0 saturated heterocycles. The number of H-pyrrole nitrogens is 1. The van der Waals surface area contributed by atoms with Crippen LogP contribution in [-0.2, 0) is 16.2 Å². The van der Waals surface area contributed by atoms with Crippen molar-refractivity contribution in [2.45, 2.75) is 74.3 Å². The lowest BCUT2D eigenvalue weighted by Gasteiger charge is -2.42. The molecule has 0 amide bonds. The molecule has 0 aliphatic heterocycles. The van der Waals surface area contributed by atoms with Gasteiger partial charge in [-0.25, -0.2) is 4.85 Å². The predicted molar refractivity (Wildman–Crippen MR) is 131 cm³/mol. The van der Waals surface area contributed by atoms with E-state index in [1.165, 1.54) is 17.8 Å². The molecular weight excluding hydrogens is 461 g/mol. The van der Waals surface area contributed by atoms with Crippen molar-refractivity contribution in [2.24, 2.45) is 0 Å². The van der Waals surface area contributed by atoms with Crippen LogP contribution < -0.4 is 0 Å². The molecule has 2 aromatic carbocycles. The quantitative estimate of drug-likeness (QED) is 0.285. The summed E-state index contributed by atoms with van der Waals surface area (Å²) in [6.07, 6.45) is -4.61. The van der Waals surface area contributed by atoms with Gasteiger partial charge in [0.1, 0.15) is 0 Å². The summed E-state index contributed by atoms with van der Waals surface area (Å²) < 4.78 is 47.6. The summed E-state index contributed by atoms with van der Waals surface area (Å²) in [5.41, 5.74) is -1.06. The van der Waals surface area contributed by atoms with E-state index in [4.69, 9.17) is 11.0 Å². The highest BCUT2D eigenvalue weighted by molar-refractivity contribution is 7.99. The summed E-state index contributed by atoms with van der Waals surface area (Å²) >= 11 is 1.46. The molecule has 0 saturated carbocycles. The van der Waals surface area contributed by atoms with Crippen LogP contribution in [0.1, 0.15) is 45.9 Å². The minimum absolute atomic E-state index is 0.0380. The smallest absolute Gasteiger partial charge is 0.406 e. The number of halogens is 3. The van der Waals surface area contributed by atoms with Gasteiger partial charge < -0.3 is 9.41 Å². The van der Waals surface area contributed by atoms with Crippen LogP contribution in [0.25, 0.3) is 15.7 Å². The molecule has 8 heteroatoms. The lowest BCUT2D eigenvalue weighted by atomic mass is 10.1. The van der Waals surface area contributed by atoms with Crippen molar-refractivity contribution >= 4 is 36.7 Å². The van der Waals surface area contributed by atoms with Gasteiger partial charge >= 0.3 is 6.18 Å². The third kappa shape index (κ3) is 5.16. The maximum Gasteiger partial charge on any atom is 0.407 e. The Morgan fingerprint density at radius 2 is 1.61 bits per heavy atom. The highest BCUT2D eigenvalue weighted by Crippen LogP contribution is 2.48. The van der Waals surface area contributed by atoms with Crippen LogP contribution in [0, 0.1) is 6.57 Å². The lowest BCUT2D eigenvalue weighted by Crippen LogP contribution is -2.46. The fourth-order valence-corrected chi connectivity index (χ4v) is 6.39. The van der Waals surface area contributed by atoms with Gasteiger partial charge in [-0.05, 0) is 56.2 Å². The second kappa shape index (κ2) is 8.53. The Morgan fingerprint density at radius 3 is 2.12 bits per heavy atom. The second-order valence-electron chi connectivity index (χ2n) is 10.1. The third-order valence-electron chi connectivity index (χ3n) is 6.17. The molecule has 1 N–H and O–H groups in total. The molecular formula is C25H29F3N2OSSi. The molecule has 0 bridgehead atoms. The van der Waals surface area contributed by atoms with E-state index in [1.54, 1.807) is 0 Å². The Morgan fingerprint density at radius 1 is 1.00 bits per heavy atom. The fourth-order valence-electron chi connectivity index (χ4n) is 3.50. The van der Waals surface area contributed by atoms with E-state index in [2.05, 4.69) is 43.7 Å². The Bertz CT molecular complexity index is 1200. The number of aromatic nitrogens is 1. The van der Waals surface area contributed by atoms with E-state index >= 15 is 0 Å².